The van der Waals surface area contributed by atoms with E-state index in [1.54, 1.807) is 11.8 Å². The standard InChI is InChI=1S/C24H30N4O2S/c29-23(10-11-24(30)28-18-19-31-22-9-5-4-8-21(22)28)25-12-13-26-14-16-27(17-15-26)20-6-2-1-3-7-20/h1-9H,10-19H2,(H,25,29). The minimum atomic E-state index is -0.0454. The Morgan fingerprint density at radius 3 is 2.42 bits per heavy atom. The lowest BCUT2D eigenvalue weighted by molar-refractivity contribution is -0.125. The van der Waals surface area contributed by atoms with E-state index in [-0.39, 0.29) is 24.7 Å². The Hall–Kier alpha value is -2.51. The lowest BCUT2D eigenvalue weighted by Crippen LogP contribution is -2.48. The summed E-state index contributed by atoms with van der Waals surface area (Å²) in [4.78, 5) is 32.6. The summed E-state index contributed by atoms with van der Waals surface area (Å²) in [6, 6.07) is 18.5. The van der Waals surface area contributed by atoms with Gasteiger partial charge in [0.1, 0.15) is 0 Å². The third-order valence-corrected chi connectivity index (χ3v) is 6.88. The van der Waals surface area contributed by atoms with Crippen molar-refractivity contribution in [3.63, 3.8) is 0 Å². The molecule has 2 aromatic carbocycles. The predicted molar refractivity (Wildman–Crippen MR) is 127 cm³/mol. The lowest BCUT2D eigenvalue weighted by Gasteiger charge is -2.36. The Morgan fingerprint density at radius 1 is 0.871 bits per heavy atom. The molecule has 0 bridgehead atoms. The summed E-state index contributed by atoms with van der Waals surface area (Å²) in [6.07, 6.45) is 0.493. The summed E-state index contributed by atoms with van der Waals surface area (Å²) in [5, 5.41) is 2.98. The largest absolute Gasteiger partial charge is 0.369 e. The second-order valence-corrected chi connectivity index (χ2v) is 9.01. The Morgan fingerprint density at radius 2 is 1.61 bits per heavy atom. The molecule has 0 unspecified atom stereocenters. The average Bonchev–Trinajstić information content (AvgIpc) is 2.83. The zero-order chi connectivity index (χ0) is 21.5. The maximum atomic E-state index is 12.7. The normalized spacial score (nSPS) is 16.6. The molecular weight excluding hydrogens is 408 g/mol. The van der Waals surface area contributed by atoms with Gasteiger partial charge < -0.3 is 15.1 Å². The van der Waals surface area contributed by atoms with Crippen LogP contribution >= 0.6 is 11.8 Å². The third-order valence-electron chi connectivity index (χ3n) is 5.84. The Balaban J connectivity index is 1.14. The van der Waals surface area contributed by atoms with Crippen LogP contribution in [0.4, 0.5) is 11.4 Å². The second kappa shape index (κ2) is 10.7. The van der Waals surface area contributed by atoms with Crippen molar-refractivity contribution < 1.29 is 9.59 Å². The highest BCUT2D eigenvalue weighted by Crippen LogP contribution is 2.34. The van der Waals surface area contributed by atoms with Gasteiger partial charge in [0.25, 0.3) is 0 Å². The molecule has 2 aromatic rings. The van der Waals surface area contributed by atoms with Crippen LogP contribution in [0.2, 0.25) is 0 Å². The topological polar surface area (TPSA) is 55.9 Å². The van der Waals surface area contributed by atoms with E-state index in [9.17, 15) is 9.59 Å². The molecule has 1 saturated heterocycles. The fourth-order valence-corrected chi connectivity index (χ4v) is 5.09. The van der Waals surface area contributed by atoms with Crippen molar-refractivity contribution in [2.45, 2.75) is 17.7 Å². The van der Waals surface area contributed by atoms with Gasteiger partial charge in [0, 0.05) is 75.0 Å². The van der Waals surface area contributed by atoms with Gasteiger partial charge in [0.15, 0.2) is 0 Å². The van der Waals surface area contributed by atoms with Crippen molar-refractivity contribution in [1.29, 1.82) is 0 Å². The van der Waals surface area contributed by atoms with Crippen molar-refractivity contribution in [2.24, 2.45) is 0 Å². The number of para-hydroxylation sites is 2. The van der Waals surface area contributed by atoms with Crippen LogP contribution in [0.15, 0.2) is 59.5 Å². The molecule has 164 valence electrons. The van der Waals surface area contributed by atoms with Crippen molar-refractivity contribution in [3.05, 3.63) is 54.6 Å². The van der Waals surface area contributed by atoms with E-state index in [0.29, 0.717) is 13.1 Å². The highest BCUT2D eigenvalue weighted by molar-refractivity contribution is 7.99. The third kappa shape index (κ3) is 5.80. The lowest BCUT2D eigenvalue weighted by atomic mass is 10.2. The van der Waals surface area contributed by atoms with Crippen LogP contribution in [0.1, 0.15) is 12.8 Å². The number of carbonyl (C=O) groups excluding carboxylic acids is 2. The number of hydrogen-bond donors (Lipinski definition) is 1. The number of nitrogens with one attached hydrogen (secondary N) is 1. The number of anilines is 2. The van der Waals surface area contributed by atoms with E-state index in [4.69, 9.17) is 0 Å². The maximum absolute atomic E-state index is 12.7. The number of amides is 2. The molecule has 0 saturated carbocycles. The van der Waals surface area contributed by atoms with Gasteiger partial charge in [-0.1, -0.05) is 30.3 Å². The van der Waals surface area contributed by atoms with Gasteiger partial charge in [-0.2, -0.15) is 0 Å². The average molecular weight is 439 g/mol. The van der Waals surface area contributed by atoms with Crippen molar-refractivity contribution >= 4 is 35.0 Å². The Labute approximate surface area is 188 Å². The number of piperazine rings is 1. The molecule has 2 aliphatic rings. The number of rotatable bonds is 7. The van der Waals surface area contributed by atoms with Crippen LogP contribution in [-0.4, -0.2) is 68.3 Å². The minimum Gasteiger partial charge on any atom is -0.369 e. The van der Waals surface area contributed by atoms with E-state index in [1.165, 1.54) is 5.69 Å². The van der Waals surface area contributed by atoms with Gasteiger partial charge in [-0.25, -0.2) is 0 Å². The molecule has 2 aliphatic heterocycles. The van der Waals surface area contributed by atoms with Crippen LogP contribution in [0.5, 0.6) is 0 Å². The molecule has 0 aliphatic carbocycles. The zero-order valence-corrected chi connectivity index (χ0v) is 18.7. The van der Waals surface area contributed by atoms with E-state index in [1.807, 2.05) is 35.2 Å². The predicted octanol–water partition coefficient (Wildman–Crippen LogP) is 2.84. The van der Waals surface area contributed by atoms with Gasteiger partial charge in [-0.05, 0) is 24.3 Å². The first-order chi connectivity index (χ1) is 15.2. The summed E-state index contributed by atoms with van der Waals surface area (Å²) in [6.45, 7) is 6.17. The van der Waals surface area contributed by atoms with Gasteiger partial charge in [-0.3, -0.25) is 14.5 Å². The van der Waals surface area contributed by atoms with Crippen LogP contribution in [-0.2, 0) is 9.59 Å². The van der Waals surface area contributed by atoms with Gasteiger partial charge >= 0.3 is 0 Å². The number of hydrogen-bond acceptors (Lipinski definition) is 5. The van der Waals surface area contributed by atoms with Gasteiger partial charge in [0.2, 0.25) is 11.8 Å². The summed E-state index contributed by atoms with van der Waals surface area (Å²) in [7, 11) is 0. The van der Waals surface area contributed by atoms with E-state index >= 15 is 0 Å². The zero-order valence-electron chi connectivity index (χ0n) is 17.8. The molecule has 7 heteroatoms. The maximum Gasteiger partial charge on any atom is 0.227 e. The highest BCUT2D eigenvalue weighted by atomic mass is 32.2. The first-order valence-electron chi connectivity index (χ1n) is 11.0. The number of fused-ring (bicyclic) bond motifs is 1. The molecule has 0 spiro atoms. The van der Waals surface area contributed by atoms with Crippen LogP contribution in [0.3, 0.4) is 0 Å². The van der Waals surface area contributed by atoms with Crippen LogP contribution < -0.4 is 15.1 Å². The van der Waals surface area contributed by atoms with Gasteiger partial charge in [0.05, 0.1) is 5.69 Å². The van der Waals surface area contributed by atoms with Crippen LogP contribution in [0.25, 0.3) is 0 Å². The SMILES string of the molecule is O=C(CCC(=O)N1CCSc2ccccc21)NCCN1CCN(c2ccccc2)CC1. The molecule has 1 fully saturated rings. The second-order valence-electron chi connectivity index (χ2n) is 7.88. The fraction of sp³-hybridized carbons (Fsp3) is 0.417. The van der Waals surface area contributed by atoms with Crippen molar-refractivity contribution in [3.8, 4) is 0 Å². The summed E-state index contributed by atoms with van der Waals surface area (Å²) >= 11 is 1.78. The smallest absolute Gasteiger partial charge is 0.227 e. The quantitative estimate of drug-likeness (QED) is 0.721. The van der Waals surface area contributed by atoms with Crippen LogP contribution in [0, 0.1) is 0 Å². The molecule has 2 amide bonds. The van der Waals surface area contributed by atoms with Gasteiger partial charge in [-0.15, -0.1) is 11.8 Å². The first kappa shape index (κ1) is 21.7. The Bertz CT molecular complexity index is 884. The first-order valence-corrected chi connectivity index (χ1v) is 12.0. The summed E-state index contributed by atoms with van der Waals surface area (Å²) < 4.78 is 0. The van der Waals surface area contributed by atoms with Crippen molar-refractivity contribution in [1.82, 2.24) is 10.2 Å². The molecule has 0 atom stereocenters. The molecule has 6 nitrogen and oxygen atoms in total. The summed E-state index contributed by atoms with van der Waals surface area (Å²) in [5.41, 5.74) is 2.24. The molecule has 4 rings (SSSR count). The highest BCUT2D eigenvalue weighted by Gasteiger charge is 2.23. The molecule has 0 radical (unpaired) electrons. The van der Waals surface area contributed by atoms with E-state index in [2.05, 4.69) is 39.4 Å². The molecule has 31 heavy (non-hydrogen) atoms. The number of nitrogens with zero attached hydrogens (tertiary/aromatic N) is 3. The number of thioether (sulfide) groups is 1. The molecular formula is C24H30N4O2S. The van der Waals surface area contributed by atoms with Crippen molar-refractivity contribution in [2.75, 3.05) is 61.4 Å². The minimum absolute atomic E-state index is 0.0277. The molecule has 0 aromatic heterocycles. The molecule has 1 N–H and O–H groups in total. The monoisotopic (exact) mass is 438 g/mol. The number of benzene rings is 2. The fourth-order valence-electron chi connectivity index (χ4n) is 4.09. The Kier molecular flexibility index (Phi) is 7.48. The van der Waals surface area contributed by atoms with E-state index in [0.717, 1.165) is 49.1 Å². The number of carbonyl (C=O) groups is 2. The van der Waals surface area contributed by atoms with E-state index < -0.39 is 0 Å². The summed E-state index contributed by atoms with van der Waals surface area (Å²) in [5.74, 6) is 0.878. The molecule has 2 heterocycles.